The molecule has 0 saturated carbocycles. The molecule has 0 aliphatic heterocycles. The number of nitrogens with one attached hydrogen (secondary N) is 1. The van der Waals surface area contributed by atoms with E-state index in [0.29, 0.717) is 24.6 Å². The lowest BCUT2D eigenvalue weighted by Crippen LogP contribution is -2.44. The SMILES string of the molecule is CC(C)C(NC(=O)CCCc1nc(C(C)(C)C)no1)C(=O)O. The highest BCUT2D eigenvalue weighted by Gasteiger charge is 2.23. The summed E-state index contributed by atoms with van der Waals surface area (Å²) in [5.74, 6) is -0.326. The summed E-state index contributed by atoms with van der Waals surface area (Å²) in [5, 5.41) is 15.5. The van der Waals surface area contributed by atoms with E-state index < -0.39 is 12.0 Å². The average Bonchev–Trinajstić information content (AvgIpc) is 2.84. The molecule has 124 valence electrons. The molecule has 1 amide bonds. The first-order chi connectivity index (χ1) is 10.1. The van der Waals surface area contributed by atoms with Crippen molar-refractivity contribution in [1.82, 2.24) is 15.5 Å². The molecular weight excluding hydrogens is 286 g/mol. The van der Waals surface area contributed by atoms with Crippen molar-refractivity contribution in [3.8, 4) is 0 Å². The maximum atomic E-state index is 11.8. The van der Waals surface area contributed by atoms with Crippen LogP contribution in [0, 0.1) is 5.92 Å². The fraction of sp³-hybridized carbons (Fsp3) is 0.733. The molecule has 1 aromatic rings. The molecular formula is C15H25N3O4. The van der Waals surface area contributed by atoms with Gasteiger partial charge in [0, 0.05) is 18.3 Å². The van der Waals surface area contributed by atoms with E-state index in [1.807, 2.05) is 20.8 Å². The molecule has 22 heavy (non-hydrogen) atoms. The lowest BCUT2D eigenvalue weighted by atomic mass is 9.96. The molecule has 7 heteroatoms. The Labute approximate surface area is 130 Å². The van der Waals surface area contributed by atoms with Gasteiger partial charge in [-0.1, -0.05) is 39.8 Å². The minimum Gasteiger partial charge on any atom is -0.480 e. The average molecular weight is 311 g/mol. The van der Waals surface area contributed by atoms with Gasteiger partial charge in [0.05, 0.1) is 0 Å². The topological polar surface area (TPSA) is 105 Å². The predicted molar refractivity (Wildman–Crippen MR) is 80.3 cm³/mol. The molecule has 0 aromatic carbocycles. The first kappa shape index (κ1) is 18.1. The molecule has 0 spiro atoms. The summed E-state index contributed by atoms with van der Waals surface area (Å²) in [6.07, 6.45) is 1.25. The van der Waals surface area contributed by atoms with Crippen LogP contribution in [-0.2, 0) is 21.4 Å². The summed E-state index contributed by atoms with van der Waals surface area (Å²) in [5.41, 5.74) is -0.175. The number of amides is 1. The molecule has 0 fully saturated rings. The van der Waals surface area contributed by atoms with Gasteiger partial charge in [-0.2, -0.15) is 4.98 Å². The third kappa shape index (κ3) is 5.46. The van der Waals surface area contributed by atoms with Gasteiger partial charge in [0.2, 0.25) is 11.8 Å². The maximum absolute atomic E-state index is 11.8. The van der Waals surface area contributed by atoms with E-state index in [9.17, 15) is 9.59 Å². The zero-order valence-electron chi connectivity index (χ0n) is 13.8. The summed E-state index contributed by atoms with van der Waals surface area (Å²) in [4.78, 5) is 27.1. The van der Waals surface area contributed by atoms with Gasteiger partial charge < -0.3 is 14.9 Å². The molecule has 1 aromatic heterocycles. The lowest BCUT2D eigenvalue weighted by molar-refractivity contribution is -0.143. The number of carbonyl (C=O) groups is 2. The Morgan fingerprint density at radius 2 is 1.95 bits per heavy atom. The summed E-state index contributed by atoms with van der Waals surface area (Å²) < 4.78 is 5.14. The van der Waals surface area contributed by atoms with Crippen LogP contribution < -0.4 is 5.32 Å². The van der Waals surface area contributed by atoms with E-state index in [1.165, 1.54) is 0 Å². The number of hydrogen-bond acceptors (Lipinski definition) is 5. The Hall–Kier alpha value is -1.92. The Balaban J connectivity index is 2.42. The Morgan fingerprint density at radius 3 is 2.41 bits per heavy atom. The van der Waals surface area contributed by atoms with Crippen molar-refractivity contribution in [3.05, 3.63) is 11.7 Å². The zero-order valence-corrected chi connectivity index (χ0v) is 13.8. The van der Waals surface area contributed by atoms with Crippen LogP contribution in [-0.4, -0.2) is 33.2 Å². The molecule has 0 aliphatic carbocycles. The molecule has 0 aliphatic rings. The zero-order chi connectivity index (χ0) is 16.9. The van der Waals surface area contributed by atoms with Crippen molar-refractivity contribution in [1.29, 1.82) is 0 Å². The normalized spacial score (nSPS) is 13.2. The number of aliphatic carboxylic acids is 1. The van der Waals surface area contributed by atoms with Crippen LogP contribution in [0.15, 0.2) is 4.52 Å². The van der Waals surface area contributed by atoms with Gasteiger partial charge in [0.1, 0.15) is 6.04 Å². The largest absolute Gasteiger partial charge is 0.480 e. The number of rotatable bonds is 7. The Morgan fingerprint density at radius 1 is 1.32 bits per heavy atom. The molecule has 0 bridgehead atoms. The Bertz CT molecular complexity index is 517. The standard InChI is InChI=1S/C15H25N3O4/c1-9(2)12(13(20)21)16-10(19)7-6-8-11-17-14(18-22-11)15(3,4)5/h9,12H,6-8H2,1-5H3,(H,16,19)(H,20,21). The highest BCUT2D eigenvalue weighted by atomic mass is 16.5. The molecule has 0 saturated heterocycles. The van der Waals surface area contributed by atoms with Gasteiger partial charge in [0.25, 0.3) is 0 Å². The van der Waals surface area contributed by atoms with E-state index in [1.54, 1.807) is 13.8 Å². The van der Waals surface area contributed by atoms with Gasteiger partial charge in [-0.05, 0) is 12.3 Å². The van der Waals surface area contributed by atoms with Crippen LogP contribution in [0.2, 0.25) is 0 Å². The number of carboxylic acids is 1. The van der Waals surface area contributed by atoms with E-state index in [2.05, 4.69) is 15.5 Å². The fourth-order valence-electron chi connectivity index (χ4n) is 1.82. The molecule has 7 nitrogen and oxygen atoms in total. The van der Waals surface area contributed by atoms with Crippen LogP contribution >= 0.6 is 0 Å². The number of hydrogen-bond donors (Lipinski definition) is 2. The second-order valence-electron chi connectivity index (χ2n) is 6.74. The van der Waals surface area contributed by atoms with Gasteiger partial charge in [0.15, 0.2) is 5.82 Å². The first-order valence-electron chi connectivity index (χ1n) is 7.46. The van der Waals surface area contributed by atoms with Crippen molar-refractivity contribution in [2.75, 3.05) is 0 Å². The van der Waals surface area contributed by atoms with Crippen molar-refractivity contribution in [2.45, 2.75) is 65.3 Å². The quantitative estimate of drug-likeness (QED) is 0.797. The van der Waals surface area contributed by atoms with Crippen molar-refractivity contribution in [3.63, 3.8) is 0 Å². The number of carbonyl (C=O) groups excluding carboxylic acids is 1. The summed E-state index contributed by atoms with van der Waals surface area (Å²) in [6, 6.07) is -0.858. The lowest BCUT2D eigenvalue weighted by Gasteiger charge is -2.17. The third-order valence-electron chi connectivity index (χ3n) is 3.18. The van der Waals surface area contributed by atoms with Crippen LogP contribution in [0.5, 0.6) is 0 Å². The molecule has 1 heterocycles. The van der Waals surface area contributed by atoms with Crippen LogP contribution in [0.1, 0.15) is 59.2 Å². The second kappa shape index (κ2) is 7.38. The van der Waals surface area contributed by atoms with Crippen LogP contribution in [0.25, 0.3) is 0 Å². The fourth-order valence-corrected chi connectivity index (χ4v) is 1.82. The molecule has 0 radical (unpaired) electrons. The van der Waals surface area contributed by atoms with Crippen molar-refractivity contribution in [2.24, 2.45) is 5.92 Å². The van der Waals surface area contributed by atoms with E-state index in [4.69, 9.17) is 9.63 Å². The predicted octanol–water partition coefficient (Wildman–Crippen LogP) is 1.92. The van der Waals surface area contributed by atoms with Gasteiger partial charge >= 0.3 is 5.97 Å². The minimum atomic E-state index is -1.02. The van der Waals surface area contributed by atoms with Crippen molar-refractivity contribution < 1.29 is 19.2 Å². The van der Waals surface area contributed by atoms with Crippen LogP contribution in [0.4, 0.5) is 0 Å². The maximum Gasteiger partial charge on any atom is 0.326 e. The van der Waals surface area contributed by atoms with Gasteiger partial charge in [-0.15, -0.1) is 0 Å². The number of nitrogens with zero attached hydrogens (tertiary/aromatic N) is 2. The minimum absolute atomic E-state index is 0.160. The summed E-state index contributed by atoms with van der Waals surface area (Å²) in [6.45, 7) is 9.49. The molecule has 1 unspecified atom stereocenters. The molecule has 2 N–H and O–H groups in total. The number of aromatic nitrogens is 2. The van der Waals surface area contributed by atoms with Crippen LogP contribution in [0.3, 0.4) is 0 Å². The van der Waals surface area contributed by atoms with Crippen molar-refractivity contribution >= 4 is 11.9 Å². The molecule has 1 rings (SSSR count). The Kier molecular flexibility index (Phi) is 6.08. The van der Waals surface area contributed by atoms with Gasteiger partial charge in [-0.3, -0.25) is 4.79 Å². The smallest absolute Gasteiger partial charge is 0.326 e. The summed E-state index contributed by atoms with van der Waals surface area (Å²) in [7, 11) is 0. The number of aryl methyl sites for hydroxylation is 1. The second-order valence-corrected chi connectivity index (χ2v) is 6.74. The summed E-state index contributed by atoms with van der Waals surface area (Å²) >= 11 is 0. The van der Waals surface area contributed by atoms with E-state index in [-0.39, 0.29) is 23.7 Å². The monoisotopic (exact) mass is 311 g/mol. The third-order valence-corrected chi connectivity index (χ3v) is 3.18. The number of carboxylic acid groups (broad SMARTS) is 1. The highest BCUT2D eigenvalue weighted by Crippen LogP contribution is 2.18. The molecule has 1 atom stereocenters. The van der Waals surface area contributed by atoms with E-state index >= 15 is 0 Å². The van der Waals surface area contributed by atoms with Gasteiger partial charge in [-0.25, -0.2) is 4.79 Å². The van der Waals surface area contributed by atoms with E-state index in [0.717, 1.165) is 0 Å². The first-order valence-corrected chi connectivity index (χ1v) is 7.46. The highest BCUT2D eigenvalue weighted by molar-refractivity contribution is 5.83.